The van der Waals surface area contributed by atoms with Crippen molar-refractivity contribution in [3.8, 4) is 0 Å². The maximum atomic E-state index is 13.2. The molecular weight excluding hydrogens is 314 g/mol. The van der Waals surface area contributed by atoms with E-state index in [0.29, 0.717) is 5.92 Å². The van der Waals surface area contributed by atoms with Gasteiger partial charge in [0.1, 0.15) is 5.69 Å². The smallest absolute Gasteiger partial charge is 0.270 e. The lowest BCUT2D eigenvalue weighted by Gasteiger charge is -2.32. The Hall–Kier alpha value is -2.63. The lowest BCUT2D eigenvalue weighted by atomic mass is 9.98. The van der Waals surface area contributed by atoms with E-state index in [1.807, 2.05) is 34.0 Å². The summed E-state index contributed by atoms with van der Waals surface area (Å²) >= 11 is 0. The van der Waals surface area contributed by atoms with Crippen molar-refractivity contribution in [1.29, 1.82) is 0 Å². The van der Waals surface area contributed by atoms with Crippen LogP contribution in [-0.4, -0.2) is 43.5 Å². The van der Waals surface area contributed by atoms with Crippen LogP contribution in [0.4, 0.5) is 0 Å². The van der Waals surface area contributed by atoms with Crippen LogP contribution in [0.5, 0.6) is 0 Å². The number of piperidine rings is 1. The molecule has 3 aromatic rings. The summed E-state index contributed by atoms with van der Waals surface area (Å²) in [5.41, 5.74) is 1.93. The highest BCUT2D eigenvalue weighted by Crippen LogP contribution is 2.24. The van der Waals surface area contributed by atoms with Crippen molar-refractivity contribution in [2.75, 3.05) is 13.1 Å². The highest BCUT2D eigenvalue weighted by Gasteiger charge is 2.27. The second-order valence-electron chi connectivity index (χ2n) is 6.72. The van der Waals surface area contributed by atoms with Crippen molar-refractivity contribution in [2.45, 2.75) is 32.9 Å². The molecule has 1 fully saturated rings. The van der Waals surface area contributed by atoms with E-state index in [0.717, 1.165) is 55.6 Å². The molecule has 0 spiro atoms. The molecule has 0 bridgehead atoms. The third kappa shape index (κ3) is 3.04. The van der Waals surface area contributed by atoms with Crippen LogP contribution in [-0.2, 0) is 13.1 Å². The van der Waals surface area contributed by atoms with E-state index < -0.39 is 0 Å². The Bertz CT molecular complexity index is 867. The van der Waals surface area contributed by atoms with Gasteiger partial charge in [-0.25, -0.2) is 0 Å². The summed E-state index contributed by atoms with van der Waals surface area (Å²) in [5.74, 6) is 0.570. The van der Waals surface area contributed by atoms with E-state index >= 15 is 0 Å². The Labute approximate surface area is 147 Å². The molecule has 130 valence electrons. The van der Waals surface area contributed by atoms with E-state index in [-0.39, 0.29) is 5.91 Å². The van der Waals surface area contributed by atoms with Crippen molar-refractivity contribution in [3.05, 3.63) is 48.4 Å². The molecule has 1 saturated heterocycles. The molecule has 6 heteroatoms. The van der Waals surface area contributed by atoms with Crippen LogP contribution in [0.25, 0.3) is 10.9 Å². The largest absolute Gasteiger partial charge is 0.337 e. The minimum atomic E-state index is 0.140. The topological polar surface area (TPSA) is 56.0 Å². The first-order valence-corrected chi connectivity index (χ1v) is 8.98. The highest BCUT2D eigenvalue weighted by atomic mass is 16.2. The van der Waals surface area contributed by atoms with Crippen LogP contribution in [0, 0.1) is 5.92 Å². The van der Waals surface area contributed by atoms with Gasteiger partial charge in [-0.05, 0) is 37.8 Å². The molecule has 0 saturated carbocycles. The Morgan fingerprint density at radius 3 is 3.00 bits per heavy atom. The number of carbonyl (C=O) groups is 1. The molecule has 4 rings (SSSR count). The average Bonchev–Trinajstić information content (AvgIpc) is 3.28. The molecule has 0 N–H and O–H groups in total. The molecule has 25 heavy (non-hydrogen) atoms. The van der Waals surface area contributed by atoms with Crippen molar-refractivity contribution in [3.63, 3.8) is 0 Å². The van der Waals surface area contributed by atoms with Gasteiger partial charge in [-0.15, -0.1) is 5.10 Å². The highest BCUT2D eigenvalue weighted by molar-refractivity contribution is 5.98. The molecule has 0 radical (unpaired) electrons. The molecule has 1 unspecified atom stereocenters. The normalized spacial score (nSPS) is 18.0. The summed E-state index contributed by atoms with van der Waals surface area (Å²) in [6, 6.07) is 10.2. The lowest BCUT2D eigenvalue weighted by molar-refractivity contribution is 0.0649. The standard InChI is InChI=1S/C19H23N5O/c1-2-24-17-8-4-3-7-16(17)12-18(24)19(25)22-10-5-6-15(13-22)14-23-11-9-20-21-23/h3-4,7-9,11-12,15H,2,5-6,10,13-14H2,1H3. The van der Waals surface area contributed by atoms with Crippen molar-refractivity contribution in [1.82, 2.24) is 24.5 Å². The zero-order valence-corrected chi connectivity index (χ0v) is 14.5. The number of fused-ring (bicyclic) bond motifs is 1. The summed E-state index contributed by atoms with van der Waals surface area (Å²) in [6.07, 6.45) is 5.75. The molecule has 1 aliphatic rings. The predicted octanol–water partition coefficient (Wildman–Crippen LogP) is 2.81. The number of hydrogen-bond donors (Lipinski definition) is 0. The van der Waals surface area contributed by atoms with Gasteiger partial charge in [0.25, 0.3) is 5.91 Å². The number of aryl methyl sites for hydroxylation is 1. The number of carbonyl (C=O) groups excluding carboxylic acids is 1. The maximum Gasteiger partial charge on any atom is 0.270 e. The SMILES string of the molecule is CCn1c(C(=O)N2CCCC(Cn3ccnn3)C2)cc2ccccc21. The molecule has 3 heterocycles. The number of rotatable bonds is 4. The minimum absolute atomic E-state index is 0.140. The zero-order chi connectivity index (χ0) is 17.2. The second-order valence-corrected chi connectivity index (χ2v) is 6.72. The fourth-order valence-corrected chi connectivity index (χ4v) is 3.88. The molecular formula is C19H23N5O. The Kier molecular flexibility index (Phi) is 4.26. The quantitative estimate of drug-likeness (QED) is 0.735. The monoisotopic (exact) mass is 337 g/mol. The molecule has 1 atom stereocenters. The molecule has 0 aliphatic carbocycles. The Morgan fingerprint density at radius 1 is 1.32 bits per heavy atom. The van der Waals surface area contributed by atoms with Crippen LogP contribution in [0.3, 0.4) is 0 Å². The maximum absolute atomic E-state index is 13.2. The van der Waals surface area contributed by atoms with Crippen LogP contribution >= 0.6 is 0 Å². The fourth-order valence-electron chi connectivity index (χ4n) is 3.88. The third-order valence-corrected chi connectivity index (χ3v) is 5.07. The molecule has 1 aromatic carbocycles. The van der Waals surface area contributed by atoms with E-state index in [1.165, 1.54) is 0 Å². The fraction of sp³-hybridized carbons (Fsp3) is 0.421. The summed E-state index contributed by atoms with van der Waals surface area (Å²) in [4.78, 5) is 15.2. The third-order valence-electron chi connectivity index (χ3n) is 5.07. The molecule has 6 nitrogen and oxygen atoms in total. The zero-order valence-electron chi connectivity index (χ0n) is 14.5. The van der Waals surface area contributed by atoms with Crippen molar-refractivity contribution in [2.24, 2.45) is 5.92 Å². The summed E-state index contributed by atoms with van der Waals surface area (Å²) in [5, 5.41) is 9.05. The summed E-state index contributed by atoms with van der Waals surface area (Å²) in [6.45, 7) is 5.32. The van der Waals surface area contributed by atoms with Crippen LogP contribution in [0.1, 0.15) is 30.3 Å². The molecule has 1 aliphatic heterocycles. The first-order chi connectivity index (χ1) is 12.3. The summed E-state index contributed by atoms with van der Waals surface area (Å²) in [7, 11) is 0. The Balaban J connectivity index is 1.56. The number of aromatic nitrogens is 4. The Morgan fingerprint density at radius 2 is 2.20 bits per heavy atom. The predicted molar refractivity (Wildman–Crippen MR) is 96.3 cm³/mol. The van der Waals surface area contributed by atoms with Crippen LogP contribution in [0.15, 0.2) is 42.7 Å². The van der Waals surface area contributed by atoms with E-state index in [1.54, 1.807) is 6.20 Å². The molecule has 1 amide bonds. The van der Waals surface area contributed by atoms with Crippen LogP contribution < -0.4 is 0 Å². The number of amides is 1. The second kappa shape index (κ2) is 6.70. The van der Waals surface area contributed by atoms with Crippen LogP contribution in [0.2, 0.25) is 0 Å². The number of benzene rings is 1. The lowest BCUT2D eigenvalue weighted by Crippen LogP contribution is -2.41. The van der Waals surface area contributed by atoms with Gasteiger partial charge in [-0.1, -0.05) is 23.4 Å². The van der Waals surface area contributed by atoms with Crippen molar-refractivity contribution >= 4 is 16.8 Å². The van der Waals surface area contributed by atoms with Gasteiger partial charge < -0.3 is 9.47 Å². The van der Waals surface area contributed by atoms with E-state index in [9.17, 15) is 4.79 Å². The minimum Gasteiger partial charge on any atom is -0.337 e. The summed E-state index contributed by atoms with van der Waals surface area (Å²) < 4.78 is 3.99. The first kappa shape index (κ1) is 15.9. The van der Waals surface area contributed by atoms with E-state index in [2.05, 4.69) is 33.9 Å². The number of para-hydroxylation sites is 1. The van der Waals surface area contributed by atoms with Gasteiger partial charge in [0, 0.05) is 43.3 Å². The van der Waals surface area contributed by atoms with Gasteiger partial charge in [-0.2, -0.15) is 0 Å². The number of hydrogen-bond acceptors (Lipinski definition) is 3. The van der Waals surface area contributed by atoms with Gasteiger partial charge in [0.15, 0.2) is 0 Å². The van der Waals surface area contributed by atoms with Gasteiger partial charge in [0.2, 0.25) is 0 Å². The van der Waals surface area contributed by atoms with Gasteiger partial charge >= 0.3 is 0 Å². The van der Waals surface area contributed by atoms with E-state index in [4.69, 9.17) is 0 Å². The average molecular weight is 337 g/mol. The van der Waals surface area contributed by atoms with Gasteiger partial charge in [0.05, 0.1) is 6.20 Å². The van der Waals surface area contributed by atoms with Crippen molar-refractivity contribution < 1.29 is 4.79 Å². The van der Waals surface area contributed by atoms with Gasteiger partial charge in [-0.3, -0.25) is 9.48 Å². The first-order valence-electron chi connectivity index (χ1n) is 8.98. The number of likely N-dealkylation sites (tertiary alicyclic amines) is 1. The molecule has 2 aromatic heterocycles. The number of nitrogens with zero attached hydrogens (tertiary/aromatic N) is 5.